The average molecular weight is 302 g/mol. The van der Waals surface area contributed by atoms with E-state index in [0.29, 0.717) is 12.3 Å². The predicted molar refractivity (Wildman–Crippen MR) is 79.3 cm³/mol. The van der Waals surface area contributed by atoms with Crippen LogP contribution in [0.2, 0.25) is 0 Å². The van der Waals surface area contributed by atoms with Crippen molar-refractivity contribution >= 4 is 21.2 Å². The summed E-state index contributed by atoms with van der Waals surface area (Å²) in [5, 5.41) is 4.48. The minimum absolute atomic E-state index is 0.0805. The van der Waals surface area contributed by atoms with Crippen LogP contribution in [0.25, 0.3) is 0 Å². The SMILES string of the molecule is CC(C)(C)c1ncc(CNC2CCCS(=O)(=O)C2)s1. The Balaban J connectivity index is 1.91. The number of rotatable bonds is 3. The van der Waals surface area contributed by atoms with Crippen LogP contribution in [0.3, 0.4) is 0 Å². The zero-order valence-corrected chi connectivity index (χ0v) is 13.4. The van der Waals surface area contributed by atoms with E-state index in [1.54, 1.807) is 11.3 Å². The second kappa shape index (κ2) is 5.50. The Bertz CT molecular complexity index is 529. The van der Waals surface area contributed by atoms with Gasteiger partial charge in [0.1, 0.15) is 0 Å². The summed E-state index contributed by atoms with van der Waals surface area (Å²) in [5.74, 6) is 0.623. The van der Waals surface area contributed by atoms with Crippen molar-refractivity contribution in [2.24, 2.45) is 0 Å². The Labute approximate surface area is 119 Å². The molecular weight excluding hydrogens is 280 g/mol. The number of nitrogens with one attached hydrogen (secondary N) is 1. The Morgan fingerprint density at radius 1 is 1.47 bits per heavy atom. The summed E-state index contributed by atoms with van der Waals surface area (Å²) < 4.78 is 23.1. The smallest absolute Gasteiger partial charge is 0.151 e. The van der Waals surface area contributed by atoms with Crippen molar-refractivity contribution in [3.8, 4) is 0 Å². The van der Waals surface area contributed by atoms with Crippen molar-refractivity contribution in [3.05, 3.63) is 16.1 Å². The fraction of sp³-hybridized carbons (Fsp3) is 0.769. The Hall–Kier alpha value is -0.460. The van der Waals surface area contributed by atoms with Crippen LogP contribution >= 0.6 is 11.3 Å². The highest BCUT2D eigenvalue weighted by molar-refractivity contribution is 7.91. The molecule has 0 amide bonds. The zero-order chi connectivity index (χ0) is 14.1. The van der Waals surface area contributed by atoms with Crippen LogP contribution in [0.15, 0.2) is 6.20 Å². The van der Waals surface area contributed by atoms with Gasteiger partial charge >= 0.3 is 0 Å². The Kier molecular flexibility index (Phi) is 4.32. The van der Waals surface area contributed by atoms with Gasteiger partial charge in [0.15, 0.2) is 9.84 Å². The molecule has 2 rings (SSSR count). The molecule has 19 heavy (non-hydrogen) atoms. The number of hydrogen-bond acceptors (Lipinski definition) is 5. The fourth-order valence-corrected chi connectivity index (χ4v) is 4.76. The van der Waals surface area contributed by atoms with Gasteiger partial charge in [0.05, 0.1) is 16.5 Å². The molecular formula is C13H22N2O2S2. The third-order valence-electron chi connectivity index (χ3n) is 3.22. The van der Waals surface area contributed by atoms with Crippen molar-refractivity contribution in [1.82, 2.24) is 10.3 Å². The summed E-state index contributed by atoms with van der Waals surface area (Å²) in [7, 11) is -2.83. The third kappa shape index (κ3) is 4.26. The predicted octanol–water partition coefficient (Wildman–Crippen LogP) is 2.11. The lowest BCUT2D eigenvalue weighted by Gasteiger charge is -2.22. The van der Waals surface area contributed by atoms with Crippen LogP contribution in [-0.2, 0) is 21.8 Å². The molecule has 1 aromatic heterocycles. The number of nitrogens with zero attached hydrogens (tertiary/aromatic N) is 1. The van der Waals surface area contributed by atoms with Crippen LogP contribution < -0.4 is 5.32 Å². The van der Waals surface area contributed by atoms with Crippen LogP contribution in [0.1, 0.15) is 43.5 Å². The molecule has 0 spiro atoms. The highest BCUT2D eigenvalue weighted by atomic mass is 32.2. The lowest BCUT2D eigenvalue weighted by atomic mass is 9.98. The molecule has 4 nitrogen and oxygen atoms in total. The lowest BCUT2D eigenvalue weighted by Crippen LogP contribution is -2.39. The highest BCUT2D eigenvalue weighted by Gasteiger charge is 2.24. The molecule has 1 N–H and O–H groups in total. The van der Waals surface area contributed by atoms with Gasteiger partial charge in [-0.3, -0.25) is 0 Å². The van der Waals surface area contributed by atoms with E-state index in [2.05, 4.69) is 31.1 Å². The molecule has 0 bridgehead atoms. The molecule has 0 saturated carbocycles. The van der Waals surface area contributed by atoms with Crippen LogP contribution in [-0.4, -0.2) is 30.9 Å². The van der Waals surface area contributed by atoms with E-state index >= 15 is 0 Å². The van der Waals surface area contributed by atoms with Crippen molar-refractivity contribution in [2.45, 2.75) is 51.6 Å². The van der Waals surface area contributed by atoms with Gasteiger partial charge in [-0.05, 0) is 12.8 Å². The zero-order valence-electron chi connectivity index (χ0n) is 11.8. The molecule has 1 saturated heterocycles. The molecule has 6 heteroatoms. The van der Waals surface area contributed by atoms with Gasteiger partial charge in [0, 0.05) is 29.1 Å². The Morgan fingerprint density at radius 3 is 2.79 bits per heavy atom. The molecule has 1 fully saturated rings. The molecule has 1 unspecified atom stereocenters. The lowest BCUT2D eigenvalue weighted by molar-refractivity contribution is 0.482. The summed E-state index contributed by atoms with van der Waals surface area (Å²) in [5.41, 5.74) is 0.0805. The Morgan fingerprint density at radius 2 is 2.21 bits per heavy atom. The molecule has 108 valence electrons. The van der Waals surface area contributed by atoms with E-state index in [0.717, 1.165) is 17.8 Å². The summed E-state index contributed by atoms with van der Waals surface area (Å²) in [6, 6.07) is 0.0962. The maximum atomic E-state index is 11.6. The molecule has 0 radical (unpaired) electrons. The molecule has 0 aliphatic carbocycles. The number of thiazole rings is 1. The second-order valence-electron chi connectivity index (χ2n) is 6.22. The van der Waals surface area contributed by atoms with E-state index in [1.165, 1.54) is 4.88 Å². The van der Waals surface area contributed by atoms with Gasteiger partial charge in [-0.2, -0.15) is 0 Å². The first-order valence-corrected chi connectivity index (χ1v) is 9.29. The normalized spacial score (nSPS) is 23.4. The second-order valence-corrected chi connectivity index (χ2v) is 9.56. The van der Waals surface area contributed by atoms with Crippen molar-refractivity contribution < 1.29 is 8.42 Å². The largest absolute Gasteiger partial charge is 0.308 e. The van der Waals surface area contributed by atoms with Crippen molar-refractivity contribution in [2.75, 3.05) is 11.5 Å². The number of sulfone groups is 1. The first-order valence-electron chi connectivity index (χ1n) is 6.65. The molecule has 1 aromatic rings. The molecule has 1 atom stereocenters. The maximum absolute atomic E-state index is 11.6. The highest BCUT2D eigenvalue weighted by Crippen LogP contribution is 2.26. The summed E-state index contributed by atoms with van der Waals surface area (Å²) >= 11 is 1.71. The van der Waals surface area contributed by atoms with E-state index in [9.17, 15) is 8.42 Å². The molecule has 2 heterocycles. The summed E-state index contributed by atoms with van der Waals surface area (Å²) in [4.78, 5) is 5.61. The fourth-order valence-electron chi connectivity index (χ4n) is 2.16. The van der Waals surface area contributed by atoms with Crippen molar-refractivity contribution in [1.29, 1.82) is 0 Å². The van der Waals surface area contributed by atoms with Gasteiger partial charge < -0.3 is 5.32 Å². The van der Waals surface area contributed by atoms with Gasteiger partial charge in [0.2, 0.25) is 0 Å². The van der Waals surface area contributed by atoms with Crippen LogP contribution in [0, 0.1) is 0 Å². The van der Waals surface area contributed by atoms with Crippen LogP contribution in [0.5, 0.6) is 0 Å². The maximum Gasteiger partial charge on any atom is 0.151 e. The van der Waals surface area contributed by atoms with Gasteiger partial charge in [-0.1, -0.05) is 20.8 Å². The van der Waals surface area contributed by atoms with E-state index in [4.69, 9.17) is 0 Å². The molecule has 1 aliphatic rings. The van der Waals surface area contributed by atoms with Gasteiger partial charge in [0.25, 0.3) is 0 Å². The third-order valence-corrected chi connectivity index (χ3v) is 6.47. The van der Waals surface area contributed by atoms with Gasteiger partial charge in [-0.25, -0.2) is 13.4 Å². The summed E-state index contributed by atoms with van der Waals surface area (Å²) in [6.45, 7) is 7.16. The molecule has 1 aliphatic heterocycles. The van der Waals surface area contributed by atoms with E-state index in [1.807, 2.05) is 6.20 Å². The standard InChI is InChI=1S/C13H22N2O2S2/c1-13(2,3)12-15-8-11(18-12)7-14-10-5-4-6-19(16,17)9-10/h8,10,14H,4-7,9H2,1-3H3. The summed E-state index contributed by atoms with van der Waals surface area (Å²) in [6.07, 6.45) is 3.62. The topological polar surface area (TPSA) is 59.1 Å². The average Bonchev–Trinajstić information content (AvgIpc) is 2.73. The monoisotopic (exact) mass is 302 g/mol. The van der Waals surface area contributed by atoms with Crippen LogP contribution in [0.4, 0.5) is 0 Å². The van der Waals surface area contributed by atoms with Crippen molar-refractivity contribution in [3.63, 3.8) is 0 Å². The number of aromatic nitrogens is 1. The minimum atomic E-state index is -2.83. The van der Waals surface area contributed by atoms with Gasteiger partial charge in [-0.15, -0.1) is 11.3 Å². The quantitative estimate of drug-likeness (QED) is 0.929. The number of hydrogen-bond donors (Lipinski definition) is 1. The first-order chi connectivity index (χ1) is 8.76. The van der Waals surface area contributed by atoms with E-state index < -0.39 is 9.84 Å². The molecule has 0 aromatic carbocycles. The minimum Gasteiger partial charge on any atom is -0.308 e. The van der Waals surface area contributed by atoms with E-state index in [-0.39, 0.29) is 17.2 Å². The first kappa shape index (κ1) is 14.9.